The first kappa shape index (κ1) is 10.4. The Hall–Kier alpha value is -0.0800. The highest BCUT2D eigenvalue weighted by Gasteiger charge is 2.24. The summed E-state index contributed by atoms with van der Waals surface area (Å²) in [4.78, 5) is 0. The van der Waals surface area contributed by atoms with Crippen LogP contribution in [-0.2, 0) is 4.74 Å². The minimum absolute atomic E-state index is 0.382. The van der Waals surface area contributed by atoms with Crippen LogP contribution in [0.1, 0.15) is 51.4 Å². The number of nitrogens with one attached hydrogen (secondary N) is 1. The van der Waals surface area contributed by atoms with E-state index in [0.717, 1.165) is 19.1 Å². The van der Waals surface area contributed by atoms with E-state index >= 15 is 0 Å². The predicted molar refractivity (Wildman–Crippen MR) is 58.2 cm³/mol. The molecule has 1 saturated heterocycles. The van der Waals surface area contributed by atoms with Crippen LogP contribution in [0.15, 0.2) is 0 Å². The lowest BCUT2D eigenvalue weighted by atomic mass is 9.95. The lowest BCUT2D eigenvalue weighted by Gasteiger charge is -2.22. The molecule has 0 radical (unpaired) electrons. The Bertz CT molecular complexity index is 144. The van der Waals surface area contributed by atoms with Crippen LogP contribution in [0.3, 0.4) is 0 Å². The van der Waals surface area contributed by atoms with Crippen molar-refractivity contribution in [3.05, 3.63) is 0 Å². The molecule has 1 atom stereocenters. The van der Waals surface area contributed by atoms with Crippen molar-refractivity contribution in [3.63, 3.8) is 0 Å². The monoisotopic (exact) mass is 197 g/mol. The topological polar surface area (TPSA) is 21.3 Å². The summed E-state index contributed by atoms with van der Waals surface area (Å²) in [7, 11) is 0. The molecule has 2 heteroatoms. The first-order valence-corrected chi connectivity index (χ1v) is 6.32. The van der Waals surface area contributed by atoms with Crippen molar-refractivity contribution < 1.29 is 4.74 Å². The average molecular weight is 197 g/mol. The predicted octanol–water partition coefficient (Wildman–Crippen LogP) is 2.68. The third-order valence-corrected chi connectivity index (χ3v) is 3.57. The maximum Gasteiger partial charge on any atom is 0.111 e. The Balaban J connectivity index is 1.80. The van der Waals surface area contributed by atoms with Gasteiger partial charge in [-0.3, -0.25) is 5.32 Å². The van der Waals surface area contributed by atoms with Crippen LogP contribution in [0.25, 0.3) is 0 Å². The Morgan fingerprint density at radius 1 is 0.857 bits per heavy atom. The summed E-state index contributed by atoms with van der Waals surface area (Å²) in [6.45, 7) is 1.97. The molecule has 2 fully saturated rings. The molecule has 0 spiro atoms. The Labute approximate surface area is 87.4 Å². The van der Waals surface area contributed by atoms with Crippen LogP contribution < -0.4 is 5.32 Å². The van der Waals surface area contributed by atoms with E-state index in [0.29, 0.717) is 6.23 Å². The van der Waals surface area contributed by atoms with E-state index in [4.69, 9.17) is 4.74 Å². The lowest BCUT2D eigenvalue weighted by molar-refractivity contribution is 0.0436. The van der Waals surface area contributed by atoms with Crippen LogP contribution in [0.4, 0.5) is 0 Å². The van der Waals surface area contributed by atoms with E-state index in [2.05, 4.69) is 5.32 Å². The summed E-state index contributed by atoms with van der Waals surface area (Å²) < 4.78 is 5.72. The maximum absolute atomic E-state index is 5.72. The summed E-state index contributed by atoms with van der Waals surface area (Å²) in [6, 6.07) is 0. The first-order chi connectivity index (χ1) is 6.97. The van der Waals surface area contributed by atoms with Gasteiger partial charge in [-0.25, -0.2) is 0 Å². The second-order valence-corrected chi connectivity index (χ2v) is 4.70. The summed E-state index contributed by atoms with van der Waals surface area (Å²) in [5, 5.41) is 3.47. The van der Waals surface area contributed by atoms with Gasteiger partial charge in [0.15, 0.2) is 0 Å². The summed E-state index contributed by atoms with van der Waals surface area (Å²) in [6.07, 6.45) is 11.7. The smallest absolute Gasteiger partial charge is 0.111 e. The van der Waals surface area contributed by atoms with Crippen LogP contribution in [-0.4, -0.2) is 19.4 Å². The van der Waals surface area contributed by atoms with Crippen molar-refractivity contribution in [2.75, 3.05) is 13.2 Å². The molecule has 2 rings (SSSR count). The fourth-order valence-electron chi connectivity index (χ4n) is 2.72. The van der Waals surface area contributed by atoms with Crippen molar-refractivity contribution in [1.29, 1.82) is 0 Å². The molecule has 0 aromatic carbocycles. The maximum atomic E-state index is 5.72. The molecular weight excluding hydrogens is 174 g/mol. The Morgan fingerprint density at radius 3 is 2.07 bits per heavy atom. The summed E-state index contributed by atoms with van der Waals surface area (Å²) in [5.74, 6) is 0.788. The lowest BCUT2D eigenvalue weighted by Crippen LogP contribution is -2.31. The fourth-order valence-corrected chi connectivity index (χ4v) is 2.72. The molecule has 1 heterocycles. The molecule has 2 nitrogen and oxygen atoms in total. The molecule has 1 saturated carbocycles. The van der Waals surface area contributed by atoms with E-state index in [1.807, 2.05) is 0 Å². The van der Waals surface area contributed by atoms with Crippen molar-refractivity contribution in [1.82, 2.24) is 5.32 Å². The SMILES string of the molecule is C1CCCCC(C2NCCO2)CCC1. The van der Waals surface area contributed by atoms with Crippen LogP contribution in [0, 0.1) is 5.92 Å². The summed E-state index contributed by atoms with van der Waals surface area (Å²) >= 11 is 0. The van der Waals surface area contributed by atoms with Crippen LogP contribution >= 0.6 is 0 Å². The Kier molecular flexibility index (Phi) is 4.26. The van der Waals surface area contributed by atoms with Gasteiger partial charge < -0.3 is 4.74 Å². The third kappa shape index (κ3) is 2.96. The second kappa shape index (κ2) is 5.72. The van der Waals surface area contributed by atoms with Gasteiger partial charge in [0, 0.05) is 6.54 Å². The second-order valence-electron chi connectivity index (χ2n) is 4.70. The molecule has 0 amide bonds. The number of ether oxygens (including phenoxy) is 1. The molecule has 14 heavy (non-hydrogen) atoms. The minimum atomic E-state index is 0.382. The van der Waals surface area contributed by atoms with Crippen LogP contribution in [0.5, 0.6) is 0 Å². The standard InChI is InChI=1S/C12H23NO/c1-2-4-6-8-11(7-5-3-1)12-13-9-10-14-12/h11-13H,1-10H2. The van der Waals surface area contributed by atoms with Gasteiger partial charge in [0.25, 0.3) is 0 Å². The van der Waals surface area contributed by atoms with Crippen molar-refractivity contribution >= 4 is 0 Å². The van der Waals surface area contributed by atoms with Gasteiger partial charge in [-0.1, -0.05) is 38.5 Å². The van der Waals surface area contributed by atoms with Gasteiger partial charge in [-0.05, 0) is 18.8 Å². The molecule has 1 aliphatic carbocycles. The van der Waals surface area contributed by atoms with E-state index in [-0.39, 0.29) is 0 Å². The third-order valence-electron chi connectivity index (χ3n) is 3.57. The zero-order valence-electron chi connectivity index (χ0n) is 9.13. The Morgan fingerprint density at radius 2 is 1.50 bits per heavy atom. The van der Waals surface area contributed by atoms with Crippen molar-refractivity contribution in [2.24, 2.45) is 5.92 Å². The molecule has 0 aromatic heterocycles. The molecule has 2 aliphatic rings. The number of rotatable bonds is 1. The van der Waals surface area contributed by atoms with Gasteiger partial charge in [0.05, 0.1) is 6.61 Å². The molecule has 1 unspecified atom stereocenters. The van der Waals surface area contributed by atoms with Gasteiger partial charge in [-0.15, -0.1) is 0 Å². The first-order valence-electron chi connectivity index (χ1n) is 6.32. The van der Waals surface area contributed by atoms with E-state index < -0.39 is 0 Å². The van der Waals surface area contributed by atoms with Crippen LogP contribution in [0.2, 0.25) is 0 Å². The largest absolute Gasteiger partial charge is 0.362 e. The quantitative estimate of drug-likeness (QED) is 0.698. The van der Waals surface area contributed by atoms with Crippen molar-refractivity contribution in [3.8, 4) is 0 Å². The molecule has 0 bridgehead atoms. The van der Waals surface area contributed by atoms with E-state index in [1.54, 1.807) is 0 Å². The van der Waals surface area contributed by atoms with Gasteiger partial charge in [-0.2, -0.15) is 0 Å². The molecular formula is C12H23NO. The average Bonchev–Trinajstić information content (AvgIpc) is 2.75. The zero-order valence-corrected chi connectivity index (χ0v) is 9.13. The minimum Gasteiger partial charge on any atom is -0.362 e. The van der Waals surface area contributed by atoms with Gasteiger partial charge >= 0.3 is 0 Å². The number of hydrogen-bond donors (Lipinski definition) is 1. The van der Waals surface area contributed by atoms with E-state index in [9.17, 15) is 0 Å². The molecule has 0 aromatic rings. The van der Waals surface area contributed by atoms with Gasteiger partial charge in [0.2, 0.25) is 0 Å². The highest BCUT2D eigenvalue weighted by molar-refractivity contribution is 4.74. The fraction of sp³-hybridized carbons (Fsp3) is 1.00. The summed E-state index contributed by atoms with van der Waals surface area (Å²) in [5.41, 5.74) is 0. The van der Waals surface area contributed by atoms with E-state index in [1.165, 1.54) is 51.4 Å². The normalized spacial score (nSPS) is 32.1. The molecule has 1 aliphatic heterocycles. The highest BCUT2D eigenvalue weighted by Crippen LogP contribution is 2.25. The molecule has 1 N–H and O–H groups in total. The molecule has 82 valence electrons. The number of hydrogen-bond acceptors (Lipinski definition) is 2. The highest BCUT2D eigenvalue weighted by atomic mass is 16.5. The van der Waals surface area contributed by atoms with Gasteiger partial charge in [0.1, 0.15) is 6.23 Å². The van der Waals surface area contributed by atoms with Crippen molar-refractivity contribution in [2.45, 2.75) is 57.6 Å². The zero-order chi connectivity index (χ0) is 9.64.